The molecule has 0 unspecified atom stereocenters. The van der Waals surface area contributed by atoms with Crippen LogP contribution in [0, 0.1) is 13.8 Å². The Kier molecular flexibility index (Phi) is 4.80. The van der Waals surface area contributed by atoms with Crippen LogP contribution in [-0.2, 0) is 22.9 Å². The van der Waals surface area contributed by atoms with Gasteiger partial charge in [0, 0.05) is 6.54 Å². The topological polar surface area (TPSA) is 70.8 Å². The van der Waals surface area contributed by atoms with Crippen molar-refractivity contribution < 1.29 is 17.9 Å². The van der Waals surface area contributed by atoms with E-state index >= 15 is 0 Å². The minimum absolute atomic E-state index is 0.0141. The Morgan fingerprint density at radius 1 is 1.12 bits per heavy atom. The summed E-state index contributed by atoms with van der Waals surface area (Å²) in [5, 5.41) is 10.3. The quantitative estimate of drug-likeness (QED) is 0.895. The number of aryl methyl sites for hydroxylation is 2. The zero-order valence-corrected chi connectivity index (χ0v) is 14.8. The molecule has 0 radical (unpaired) electrons. The highest BCUT2D eigenvalue weighted by molar-refractivity contribution is 7.91. The number of benzene rings is 1. The fourth-order valence-corrected chi connectivity index (χ4v) is 5.19. The summed E-state index contributed by atoms with van der Waals surface area (Å²) in [6.45, 7) is 5.15. The van der Waals surface area contributed by atoms with Crippen molar-refractivity contribution in [1.29, 1.82) is 0 Å². The van der Waals surface area contributed by atoms with E-state index in [-0.39, 0.29) is 11.5 Å². The standard InChI is InChI=1S/C18H23NO4S/c1-13-5-3-6-14(2)16(13)10-19(9-15-7-4-8-23-15)17-11-24(21,22)12-18(17)20/h3-8,17-18,20H,9-12H2,1-2H3/t17-,18-/m1/s1. The summed E-state index contributed by atoms with van der Waals surface area (Å²) in [5.74, 6) is 0.580. The summed E-state index contributed by atoms with van der Waals surface area (Å²) in [5.41, 5.74) is 3.49. The van der Waals surface area contributed by atoms with Gasteiger partial charge in [-0.15, -0.1) is 0 Å². The zero-order chi connectivity index (χ0) is 17.3. The monoisotopic (exact) mass is 349 g/mol. The van der Waals surface area contributed by atoms with Crippen molar-refractivity contribution >= 4 is 9.84 Å². The lowest BCUT2D eigenvalue weighted by atomic mass is 10.0. The molecule has 2 heterocycles. The molecule has 1 fully saturated rings. The van der Waals surface area contributed by atoms with Gasteiger partial charge in [-0.2, -0.15) is 0 Å². The van der Waals surface area contributed by atoms with Crippen molar-refractivity contribution in [3.63, 3.8) is 0 Å². The third kappa shape index (κ3) is 3.71. The van der Waals surface area contributed by atoms with Crippen molar-refractivity contribution in [2.45, 2.75) is 39.1 Å². The second kappa shape index (κ2) is 6.70. The van der Waals surface area contributed by atoms with Gasteiger partial charge in [-0.05, 0) is 42.7 Å². The Labute approximate surface area is 142 Å². The van der Waals surface area contributed by atoms with E-state index in [1.165, 1.54) is 5.56 Å². The van der Waals surface area contributed by atoms with Gasteiger partial charge in [0.1, 0.15) is 5.76 Å². The Bertz CT molecular complexity index is 778. The van der Waals surface area contributed by atoms with Crippen LogP contribution < -0.4 is 0 Å². The number of hydrogen-bond acceptors (Lipinski definition) is 5. The minimum Gasteiger partial charge on any atom is -0.468 e. The molecule has 0 spiro atoms. The number of nitrogens with zero attached hydrogens (tertiary/aromatic N) is 1. The van der Waals surface area contributed by atoms with Crippen LogP contribution >= 0.6 is 0 Å². The van der Waals surface area contributed by atoms with E-state index in [0.29, 0.717) is 13.1 Å². The maximum absolute atomic E-state index is 11.9. The molecule has 0 saturated carbocycles. The molecule has 0 bridgehead atoms. The van der Waals surface area contributed by atoms with Gasteiger partial charge in [-0.1, -0.05) is 18.2 Å². The normalized spacial score (nSPS) is 23.0. The molecule has 0 amide bonds. The van der Waals surface area contributed by atoms with E-state index in [0.717, 1.165) is 16.9 Å². The molecule has 6 heteroatoms. The molecule has 1 N–H and O–H groups in total. The van der Waals surface area contributed by atoms with E-state index in [2.05, 4.69) is 26.0 Å². The molecule has 0 aliphatic carbocycles. The van der Waals surface area contributed by atoms with Crippen LogP contribution in [0.1, 0.15) is 22.5 Å². The summed E-state index contributed by atoms with van der Waals surface area (Å²) in [4.78, 5) is 2.02. The lowest BCUT2D eigenvalue weighted by molar-refractivity contribution is 0.0683. The van der Waals surface area contributed by atoms with Crippen LogP contribution in [0.25, 0.3) is 0 Å². The number of hydrogen-bond donors (Lipinski definition) is 1. The molecule has 24 heavy (non-hydrogen) atoms. The molecule has 1 saturated heterocycles. The average Bonchev–Trinajstić information content (AvgIpc) is 3.09. The fraction of sp³-hybridized carbons (Fsp3) is 0.444. The van der Waals surface area contributed by atoms with Crippen LogP contribution in [0.5, 0.6) is 0 Å². The molecule has 2 aromatic rings. The number of furan rings is 1. The largest absolute Gasteiger partial charge is 0.468 e. The molecular weight excluding hydrogens is 326 g/mol. The summed E-state index contributed by atoms with van der Waals surface area (Å²) >= 11 is 0. The Morgan fingerprint density at radius 3 is 2.38 bits per heavy atom. The molecule has 5 nitrogen and oxygen atoms in total. The Balaban J connectivity index is 1.90. The molecule has 1 aliphatic rings. The highest BCUT2D eigenvalue weighted by atomic mass is 32.2. The van der Waals surface area contributed by atoms with Crippen molar-refractivity contribution in [1.82, 2.24) is 4.90 Å². The molecule has 2 atom stereocenters. The maximum Gasteiger partial charge on any atom is 0.154 e. The van der Waals surface area contributed by atoms with Crippen molar-refractivity contribution in [3.05, 3.63) is 59.0 Å². The second-order valence-corrected chi connectivity index (χ2v) is 8.72. The van der Waals surface area contributed by atoms with Crippen molar-refractivity contribution in [2.24, 2.45) is 0 Å². The smallest absolute Gasteiger partial charge is 0.154 e. The first-order chi connectivity index (χ1) is 11.4. The van der Waals surface area contributed by atoms with Crippen LogP contribution in [0.4, 0.5) is 0 Å². The summed E-state index contributed by atoms with van der Waals surface area (Å²) in [6, 6.07) is 9.38. The molecule has 1 aliphatic heterocycles. The van der Waals surface area contributed by atoms with E-state index < -0.39 is 22.0 Å². The van der Waals surface area contributed by atoms with E-state index in [1.54, 1.807) is 6.26 Å². The van der Waals surface area contributed by atoms with Crippen LogP contribution in [0.2, 0.25) is 0 Å². The summed E-state index contributed by atoms with van der Waals surface area (Å²) < 4.78 is 29.3. The third-order valence-electron chi connectivity index (χ3n) is 4.71. The Morgan fingerprint density at radius 2 is 1.83 bits per heavy atom. The minimum atomic E-state index is -3.20. The number of aliphatic hydroxyl groups excluding tert-OH is 1. The number of aliphatic hydroxyl groups is 1. The molecule has 1 aromatic heterocycles. The highest BCUT2D eigenvalue weighted by Crippen LogP contribution is 2.25. The van der Waals surface area contributed by atoms with Gasteiger partial charge in [0.25, 0.3) is 0 Å². The first kappa shape index (κ1) is 17.2. The van der Waals surface area contributed by atoms with Crippen molar-refractivity contribution in [3.8, 4) is 0 Å². The lowest BCUT2D eigenvalue weighted by Gasteiger charge is -2.30. The van der Waals surface area contributed by atoms with Gasteiger partial charge >= 0.3 is 0 Å². The maximum atomic E-state index is 11.9. The van der Waals surface area contributed by atoms with Gasteiger partial charge in [0.2, 0.25) is 0 Å². The second-order valence-electron chi connectivity index (χ2n) is 6.57. The van der Waals surface area contributed by atoms with Crippen LogP contribution in [0.3, 0.4) is 0 Å². The molecule has 3 rings (SSSR count). The predicted octanol–water partition coefficient (Wildman–Crippen LogP) is 2.06. The number of sulfone groups is 1. The van der Waals surface area contributed by atoms with Crippen LogP contribution in [-0.4, -0.2) is 42.1 Å². The Hall–Kier alpha value is -1.63. The fourth-order valence-electron chi connectivity index (χ4n) is 3.35. The van der Waals surface area contributed by atoms with Gasteiger partial charge < -0.3 is 9.52 Å². The van der Waals surface area contributed by atoms with E-state index in [1.807, 2.05) is 23.1 Å². The first-order valence-electron chi connectivity index (χ1n) is 8.06. The number of rotatable bonds is 5. The third-order valence-corrected chi connectivity index (χ3v) is 6.41. The lowest BCUT2D eigenvalue weighted by Crippen LogP contribution is -2.42. The van der Waals surface area contributed by atoms with Crippen LogP contribution in [0.15, 0.2) is 41.0 Å². The molecule has 1 aromatic carbocycles. The SMILES string of the molecule is Cc1cccc(C)c1CN(Cc1ccco1)[C@@H]1CS(=O)(=O)C[C@H]1O. The van der Waals surface area contributed by atoms with Gasteiger partial charge in [-0.25, -0.2) is 8.42 Å². The van der Waals surface area contributed by atoms with Gasteiger partial charge in [-0.3, -0.25) is 4.90 Å². The summed E-state index contributed by atoms with van der Waals surface area (Å²) in [7, 11) is -3.20. The van der Waals surface area contributed by atoms with E-state index in [9.17, 15) is 13.5 Å². The zero-order valence-electron chi connectivity index (χ0n) is 14.0. The van der Waals surface area contributed by atoms with Gasteiger partial charge in [0.05, 0.1) is 36.5 Å². The average molecular weight is 349 g/mol. The first-order valence-corrected chi connectivity index (χ1v) is 9.88. The van der Waals surface area contributed by atoms with E-state index in [4.69, 9.17) is 4.42 Å². The van der Waals surface area contributed by atoms with Gasteiger partial charge in [0.15, 0.2) is 9.84 Å². The summed E-state index contributed by atoms with van der Waals surface area (Å²) in [6.07, 6.45) is 0.739. The predicted molar refractivity (Wildman–Crippen MR) is 92.3 cm³/mol. The molecule has 130 valence electrons. The molecular formula is C18H23NO4S. The highest BCUT2D eigenvalue weighted by Gasteiger charge is 2.40. The van der Waals surface area contributed by atoms with Crippen molar-refractivity contribution in [2.75, 3.05) is 11.5 Å².